The lowest BCUT2D eigenvalue weighted by atomic mass is 10.3. The molecule has 0 aliphatic heterocycles. The largest absolute Gasteiger partial charge is 0.382 e. The van der Waals surface area contributed by atoms with E-state index in [2.05, 4.69) is 21.4 Å². The zero-order valence-corrected chi connectivity index (χ0v) is 8.94. The van der Waals surface area contributed by atoms with Gasteiger partial charge in [0.2, 0.25) is 0 Å². The van der Waals surface area contributed by atoms with Gasteiger partial charge in [-0.2, -0.15) is 0 Å². The second-order valence-electron chi connectivity index (χ2n) is 2.61. The number of anilines is 1. The molecule has 1 heterocycles. The molecule has 74 valence electrons. The molecule has 3 nitrogen and oxygen atoms in total. The molecular weight excluding hydrogens is 221 g/mol. The minimum atomic E-state index is 0.314. The van der Waals surface area contributed by atoms with Gasteiger partial charge in [-0.05, 0) is 6.42 Å². The molecule has 0 atom stereocenters. The second kappa shape index (κ2) is 5.69. The van der Waals surface area contributed by atoms with Crippen LogP contribution in [0, 0.1) is 12.3 Å². The number of rotatable bonds is 4. The smallest absolute Gasteiger partial charge is 0.174 e. The van der Waals surface area contributed by atoms with Crippen molar-refractivity contribution in [3.8, 4) is 12.3 Å². The van der Waals surface area contributed by atoms with Crippen molar-refractivity contribution in [1.29, 1.82) is 0 Å². The van der Waals surface area contributed by atoms with Crippen LogP contribution in [-0.2, 0) is 0 Å². The predicted molar refractivity (Wildman–Crippen MR) is 58.6 cm³/mol. The van der Waals surface area contributed by atoms with E-state index in [9.17, 15) is 0 Å². The summed E-state index contributed by atoms with van der Waals surface area (Å²) in [4.78, 5) is 0. The van der Waals surface area contributed by atoms with Gasteiger partial charge >= 0.3 is 0 Å². The zero-order valence-electron chi connectivity index (χ0n) is 7.43. The average Bonchev–Trinajstić information content (AvgIpc) is 2.18. The summed E-state index contributed by atoms with van der Waals surface area (Å²) in [7, 11) is 0. The van der Waals surface area contributed by atoms with Crippen molar-refractivity contribution in [2.75, 3.05) is 11.9 Å². The lowest BCUT2D eigenvalue weighted by Crippen LogP contribution is -2.03. The highest BCUT2D eigenvalue weighted by molar-refractivity contribution is 6.33. The van der Waals surface area contributed by atoms with Crippen LogP contribution < -0.4 is 5.32 Å². The topological polar surface area (TPSA) is 37.8 Å². The number of hydrogen-bond donors (Lipinski definition) is 1. The van der Waals surface area contributed by atoms with Crippen LogP contribution in [0.3, 0.4) is 0 Å². The Labute approximate surface area is 92.8 Å². The Morgan fingerprint density at radius 1 is 1.43 bits per heavy atom. The van der Waals surface area contributed by atoms with Crippen molar-refractivity contribution in [2.45, 2.75) is 12.8 Å². The number of unbranched alkanes of at least 4 members (excludes halogenated alkanes) is 1. The van der Waals surface area contributed by atoms with Crippen LogP contribution in [0.25, 0.3) is 0 Å². The molecule has 0 aromatic carbocycles. The van der Waals surface area contributed by atoms with Gasteiger partial charge in [0, 0.05) is 19.0 Å². The molecule has 14 heavy (non-hydrogen) atoms. The Morgan fingerprint density at radius 3 is 2.93 bits per heavy atom. The molecule has 1 rings (SSSR count). The molecule has 1 aromatic rings. The van der Waals surface area contributed by atoms with E-state index in [0.717, 1.165) is 19.4 Å². The summed E-state index contributed by atoms with van der Waals surface area (Å²) in [5.41, 5.74) is 0.684. The van der Waals surface area contributed by atoms with Crippen LogP contribution >= 0.6 is 23.2 Å². The monoisotopic (exact) mass is 229 g/mol. The van der Waals surface area contributed by atoms with Crippen LogP contribution in [-0.4, -0.2) is 16.7 Å². The van der Waals surface area contributed by atoms with Gasteiger partial charge in [0.25, 0.3) is 0 Å². The van der Waals surface area contributed by atoms with Crippen molar-refractivity contribution < 1.29 is 0 Å². The lowest BCUT2D eigenvalue weighted by Gasteiger charge is -2.05. The van der Waals surface area contributed by atoms with Gasteiger partial charge in [-0.3, -0.25) is 0 Å². The Bertz CT molecular complexity index is 346. The Hall–Kier alpha value is -0.980. The molecule has 0 aliphatic carbocycles. The molecule has 0 amide bonds. The molecular formula is C9H9Cl2N3. The van der Waals surface area contributed by atoms with Crippen molar-refractivity contribution in [1.82, 2.24) is 10.2 Å². The highest BCUT2D eigenvalue weighted by atomic mass is 35.5. The van der Waals surface area contributed by atoms with Crippen LogP contribution in [0.5, 0.6) is 0 Å². The molecule has 0 fully saturated rings. The standard InChI is InChI=1S/C9H9Cl2N3/c1-2-3-4-5-12-7-6-8(10)13-14-9(7)11/h1,6H,3-5H2,(H,12,13). The minimum absolute atomic E-state index is 0.314. The summed E-state index contributed by atoms with van der Waals surface area (Å²) in [6.45, 7) is 0.742. The summed E-state index contributed by atoms with van der Waals surface area (Å²) in [6.07, 6.45) is 6.73. The van der Waals surface area contributed by atoms with Gasteiger partial charge in [0.15, 0.2) is 10.3 Å². The molecule has 0 unspecified atom stereocenters. The number of hydrogen-bond acceptors (Lipinski definition) is 3. The maximum atomic E-state index is 5.77. The van der Waals surface area contributed by atoms with Gasteiger partial charge in [-0.15, -0.1) is 22.5 Å². The third-order valence-corrected chi connectivity index (χ3v) is 2.00. The molecule has 0 spiro atoms. The first-order valence-corrected chi connectivity index (χ1v) is 4.85. The molecule has 0 radical (unpaired) electrons. The molecule has 1 aromatic heterocycles. The fourth-order valence-corrected chi connectivity index (χ4v) is 1.20. The second-order valence-corrected chi connectivity index (χ2v) is 3.35. The zero-order chi connectivity index (χ0) is 10.4. The van der Waals surface area contributed by atoms with E-state index in [1.165, 1.54) is 0 Å². The van der Waals surface area contributed by atoms with Crippen LogP contribution in [0.2, 0.25) is 10.3 Å². The maximum absolute atomic E-state index is 5.77. The number of halogens is 2. The summed E-state index contributed by atoms with van der Waals surface area (Å²) in [6, 6.07) is 1.63. The third kappa shape index (κ3) is 3.41. The quantitative estimate of drug-likeness (QED) is 0.638. The summed E-state index contributed by atoms with van der Waals surface area (Å²) < 4.78 is 0. The van der Waals surface area contributed by atoms with E-state index in [1.54, 1.807) is 6.07 Å². The van der Waals surface area contributed by atoms with Crippen LogP contribution in [0.15, 0.2) is 6.07 Å². The van der Waals surface area contributed by atoms with Crippen molar-refractivity contribution in [3.05, 3.63) is 16.4 Å². The molecule has 0 aliphatic rings. The van der Waals surface area contributed by atoms with E-state index in [0.29, 0.717) is 16.0 Å². The Morgan fingerprint density at radius 2 is 2.21 bits per heavy atom. The molecule has 1 N–H and O–H groups in total. The maximum Gasteiger partial charge on any atom is 0.174 e. The molecule has 0 saturated carbocycles. The highest BCUT2D eigenvalue weighted by Gasteiger charge is 2.02. The molecule has 0 bridgehead atoms. The SMILES string of the molecule is C#CCCCNc1cc(Cl)nnc1Cl. The summed E-state index contributed by atoms with van der Waals surface area (Å²) in [5.74, 6) is 2.55. The average molecular weight is 230 g/mol. The normalized spacial score (nSPS) is 9.50. The molecule has 5 heteroatoms. The third-order valence-electron chi connectivity index (χ3n) is 1.53. The number of terminal acetylenes is 1. The highest BCUT2D eigenvalue weighted by Crippen LogP contribution is 2.20. The number of aromatic nitrogens is 2. The fraction of sp³-hybridized carbons (Fsp3) is 0.333. The summed E-state index contributed by atoms with van der Waals surface area (Å²) in [5, 5.41) is 11.0. The fourth-order valence-electron chi connectivity index (χ4n) is 0.891. The van der Waals surface area contributed by atoms with Gasteiger partial charge in [-0.25, -0.2) is 0 Å². The van der Waals surface area contributed by atoms with Crippen molar-refractivity contribution in [2.24, 2.45) is 0 Å². The first-order chi connectivity index (χ1) is 6.74. The summed E-state index contributed by atoms with van der Waals surface area (Å²) >= 11 is 11.4. The van der Waals surface area contributed by atoms with Gasteiger partial charge in [0.1, 0.15) is 0 Å². The first kappa shape index (κ1) is 11.1. The first-order valence-electron chi connectivity index (χ1n) is 4.10. The van der Waals surface area contributed by atoms with Gasteiger partial charge < -0.3 is 5.32 Å². The number of nitrogens with zero attached hydrogens (tertiary/aromatic N) is 2. The Balaban J connectivity index is 2.50. The minimum Gasteiger partial charge on any atom is -0.382 e. The van der Waals surface area contributed by atoms with Crippen molar-refractivity contribution >= 4 is 28.9 Å². The predicted octanol–water partition coefficient (Wildman–Crippen LogP) is 2.61. The van der Waals surface area contributed by atoms with Gasteiger partial charge in [-0.1, -0.05) is 23.2 Å². The number of nitrogens with one attached hydrogen (secondary N) is 1. The van der Waals surface area contributed by atoms with Crippen LogP contribution in [0.1, 0.15) is 12.8 Å². The lowest BCUT2D eigenvalue weighted by molar-refractivity contribution is 0.903. The van der Waals surface area contributed by atoms with E-state index in [1.807, 2.05) is 0 Å². The Kier molecular flexibility index (Phi) is 4.51. The van der Waals surface area contributed by atoms with E-state index in [-0.39, 0.29) is 0 Å². The van der Waals surface area contributed by atoms with Crippen molar-refractivity contribution in [3.63, 3.8) is 0 Å². The molecule has 0 saturated heterocycles. The van der Waals surface area contributed by atoms with E-state index < -0.39 is 0 Å². The van der Waals surface area contributed by atoms with E-state index in [4.69, 9.17) is 29.6 Å². The van der Waals surface area contributed by atoms with E-state index >= 15 is 0 Å². The van der Waals surface area contributed by atoms with Gasteiger partial charge in [0.05, 0.1) is 5.69 Å². The van der Waals surface area contributed by atoms with Crippen LogP contribution in [0.4, 0.5) is 5.69 Å².